The summed E-state index contributed by atoms with van der Waals surface area (Å²) < 4.78 is 5.96. The van der Waals surface area contributed by atoms with Crippen LogP contribution in [0.15, 0.2) is 60.8 Å². The van der Waals surface area contributed by atoms with E-state index in [9.17, 15) is 9.59 Å². The molecule has 1 N–H and O–H groups in total. The van der Waals surface area contributed by atoms with Crippen LogP contribution in [0, 0.1) is 0 Å². The van der Waals surface area contributed by atoms with Gasteiger partial charge in [-0.2, -0.15) is 0 Å². The highest BCUT2D eigenvalue weighted by Gasteiger charge is 2.14. The van der Waals surface area contributed by atoms with Crippen LogP contribution >= 0.6 is 0 Å². The third-order valence-electron chi connectivity index (χ3n) is 8.25. The third-order valence-corrected chi connectivity index (χ3v) is 8.25. The average Bonchev–Trinajstić information content (AvgIpc) is 3.04. The summed E-state index contributed by atoms with van der Waals surface area (Å²) in [6, 6.07) is 0. The Morgan fingerprint density at radius 3 is 1.37 bits per heavy atom. The van der Waals surface area contributed by atoms with Crippen molar-refractivity contribution in [3.05, 3.63) is 60.8 Å². The lowest BCUT2D eigenvalue weighted by molar-refractivity contribution is -0.150. The summed E-state index contributed by atoms with van der Waals surface area (Å²) in [5.74, 6) is -0.693. The molecule has 0 fully saturated rings. The van der Waals surface area contributed by atoms with Crippen molar-refractivity contribution in [1.82, 2.24) is 0 Å². The van der Waals surface area contributed by atoms with Crippen LogP contribution in [0.4, 0.5) is 0 Å². The first-order chi connectivity index (χ1) is 22.6. The molecule has 0 aromatic heterocycles. The lowest BCUT2D eigenvalue weighted by Crippen LogP contribution is -2.18. The summed E-state index contributed by atoms with van der Waals surface area (Å²) in [6.45, 7) is 4.39. The Morgan fingerprint density at radius 1 is 0.500 bits per heavy atom. The Balaban J connectivity index is 3.95. The molecule has 0 heterocycles. The summed E-state index contributed by atoms with van der Waals surface area (Å²) in [5.41, 5.74) is 0. The van der Waals surface area contributed by atoms with E-state index < -0.39 is 5.97 Å². The highest BCUT2D eigenvalue weighted by Crippen LogP contribution is 2.18. The third kappa shape index (κ3) is 36.1. The molecule has 264 valence electrons. The number of esters is 1. The number of allylic oxidation sites excluding steroid dienone is 10. The molecule has 0 aromatic rings. The van der Waals surface area contributed by atoms with Crippen LogP contribution in [0.2, 0.25) is 0 Å². The molecule has 4 nitrogen and oxygen atoms in total. The maximum Gasteiger partial charge on any atom is 0.306 e. The molecule has 0 aromatic carbocycles. The minimum Gasteiger partial charge on any atom is -0.481 e. The van der Waals surface area contributed by atoms with E-state index in [2.05, 4.69) is 74.6 Å². The van der Waals surface area contributed by atoms with Gasteiger partial charge in [0.1, 0.15) is 6.10 Å². The Morgan fingerprint density at radius 2 is 0.913 bits per heavy atom. The topological polar surface area (TPSA) is 63.6 Å². The molecule has 0 rings (SSSR count). The average molecular weight is 641 g/mol. The molecule has 1 atom stereocenters. The van der Waals surface area contributed by atoms with E-state index in [1.54, 1.807) is 0 Å². The van der Waals surface area contributed by atoms with Crippen LogP contribution in [0.1, 0.15) is 187 Å². The standard InChI is InChI=1S/C42H72O4/c1-3-5-7-9-10-11-12-13-14-15-16-17-22-25-28-31-35-39-42(45)46-40(36-32-8-6-4-2)37-33-29-26-23-20-18-19-21-24-27-30-34-38-41(43)44/h5,7,10-11,13-14,16-17,25,28,40H,3-4,6,8-9,12,15,18-24,26-27,29-39H2,1-2H3,(H,43,44)/b7-5-,11-10-,14-13-,17-16-,28-25-. The van der Waals surface area contributed by atoms with Crippen molar-refractivity contribution in [2.45, 2.75) is 193 Å². The first-order valence-corrected chi connectivity index (χ1v) is 19.3. The van der Waals surface area contributed by atoms with E-state index in [-0.39, 0.29) is 12.1 Å². The Kier molecular flexibility index (Phi) is 35.2. The van der Waals surface area contributed by atoms with Crippen LogP contribution < -0.4 is 0 Å². The smallest absolute Gasteiger partial charge is 0.306 e. The predicted octanol–water partition coefficient (Wildman–Crippen LogP) is 13.3. The zero-order chi connectivity index (χ0) is 33.6. The van der Waals surface area contributed by atoms with Gasteiger partial charge in [-0.05, 0) is 77.0 Å². The first-order valence-electron chi connectivity index (χ1n) is 19.3. The molecule has 0 spiro atoms. The molecular formula is C42H72O4. The molecule has 0 saturated carbocycles. The molecule has 0 radical (unpaired) electrons. The highest BCUT2D eigenvalue weighted by molar-refractivity contribution is 5.69. The second-order valence-electron chi connectivity index (χ2n) is 12.7. The van der Waals surface area contributed by atoms with Crippen molar-refractivity contribution in [2.24, 2.45) is 0 Å². The zero-order valence-corrected chi connectivity index (χ0v) is 30.1. The van der Waals surface area contributed by atoms with Crippen molar-refractivity contribution >= 4 is 11.9 Å². The summed E-state index contributed by atoms with van der Waals surface area (Å²) in [6.07, 6.45) is 51.2. The van der Waals surface area contributed by atoms with Crippen molar-refractivity contribution < 1.29 is 19.4 Å². The summed E-state index contributed by atoms with van der Waals surface area (Å²) in [7, 11) is 0. The Bertz CT molecular complexity index is 820. The fraction of sp³-hybridized carbons (Fsp3) is 0.714. The molecule has 1 unspecified atom stereocenters. The fourth-order valence-corrected chi connectivity index (χ4v) is 5.45. The van der Waals surface area contributed by atoms with Gasteiger partial charge in [0.2, 0.25) is 0 Å². The minimum atomic E-state index is -0.674. The van der Waals surface area contributed by atoms with Crippen molar-refractivity contribution in [2.75, 3.05) is 0 Å². The monoisotopic (exact) mass is 641 g/mol. The van der Waals surface area contributed by atoms with Gasteiger partial charge in [0, 0.05) is 12.8 Å². The first kappa shape index (κ1) is 43.6. The maximum atomic E-state index is 12.6. The normalized spacial score (nSPS) is 12.9. The van der Waals surface area contributed by atoms with Crippen molar-refractivity contribution in [3.63, 3.8) is 0 Å². The van der Waals surface area contributed by atoms with Crippen molar-refractivity contribution in [3.8, 4) is 0 Å². The molecule has 46 heavy (non-hydrogen) atoms. The van der Waals surface area contributed by atoms with E-state index in [4.69, 9.17) is 9.84 Å². The number of carbonyl (C=O) groups excluding carboxylic acids is 1. The van der Waals surface area contributed by atoms with Crippen LogP contribution in [-0.4, -0.2) is 23.1 Å². The summed E-state index contributed by atoms with van der Waals surface area (Å²) in [4.78, 5) is 23.1. The van der Waals surface area contributed by atoms with Crippen LogP contribution in [0.5, 0.6) is 0 Å². The number of rotatable bonds is 34. The molecule has 4 heteroatoms. The second-order valence-corrected chi connectivity index (χ2v) is 12.7. The summed E-state index contributed by atoms with van der Waals surface area (Å²) >= 11 is 0. The van der Waals surface area contributed by atoms with Gasteiger partial charge in [-0.15, -0.1) is 0 Å². The largest absolute Gasteiger partial charge is 0.481 e. The lowest BCUT2D eigenvalue weighted by Gasteiger charge is -2.18. The number of carboxylic acids is 1. The molecule has 0 aliphatic carbocycles. The molecule has 0 aliphatic rings. The van der Waals surface area contributed by atoms with Gasteiger partial charge in [-0.3, -0.25) is 9.59 Å². The fourth-order valence-electron chi connectivity index (χ4n) is 5.45. The number of hydrogen-bond acceptors (Lipinski definition) is 3. The number of hydrogen-bond donors (Lipinski definition) is 1. The van der Waals surface area contributed by atoms with Gasteiger partial charge in [-0.25, -0.2) is 0 Å². The van der Waals surface area contributed by atoms with E-state index in [1.807, 2.05) is 0 Å². The van der Waals surface area contributed by atoms with Gasteiger partial charge in [0.25, 0.3) is 0 Å². The Hall–Kier alpha value is -2.36. The summed E-state index contributed by atoms with van der Waals surface area (Å²) in [5, 5.41) is 8.68. The van der Waals surface area contributed by atoms with E-state index in [0.717, 1.165) is 83.5 Å². The van der Waals surface area contributed by atoms with Crippen LogP contribution in [-0.2, 0) is 14.3 Å². The quantitative estimate of drug-likeness (QED) is 0.0432. The zero-order valence-electron chi connectivity index (χ0n) is 30.1. The lowest BCUT2D eigenvalue weighted by atomic mass is 10.0. The molecule has 0 bridgehead atoms. The van der Waals surface area contributed by atoms with Gasteiger partial charge in [-0.1, -0.05) is 158 Å². The number of carbonyl (C=O) groups is 2. The predicted molar refractivity (Wildman–Crippen MR) is 199 cm³/mol. The molecule has 0 amide bonds. The maximum absolute atomic E-state index is 12.6. The van der Waals surface area contributed by atoms with E-state index in [1.165, 1.54) is 77.0 Å². The number of carboxylic acid groups (broad SMARTS) is 1. The molecule has 0 saturated heterocycles. The van der Waals surface area contributed by atoms with Gasteiger partial charge >= 0.3 is 11.9 Å². The Labute approximate surface area is 284 Å². The van der Waals surface area contributed by atoms with Crippen LogP contribution in [0.3, 0.4) is 0 Å². The van der Waals surface area contributed by atoms with Crippen molar-refractivity contribution in [1.29, 1.82) is 0 Å². The SMILES string of the molecule is CC/C=C\C/C=C\C/C=C\C/C=C\C/C=C\CCCC(=O)OC(CCCCCC)CCCCCCCCCCCCCCC(=O)O. The second kappa shape index (κ2) is 37.1. The highest BCUT2D eigenvalue weighted by atomic mass is 16.5. The van der Waals surface area contributed by atoms with Gasteiger partial charge in [0.15, 0.2) is 0 Å². The van der Waals surface area contributed by atoms with Crippen LogP contribution in [0.25, 0.3) is 0 Å². The number of unbranched alkanes of at least 4 members (excludes halogenated alkanes) is 15. The van der Waals surface area contributed by atoms with E-state index >= 15 is 0 Å². The number of aliphatic carboxylic acids is 1. The van der Waals surface area contributed by atoms with Gasteiger partial charge < -0.3 is 9.84 Å². The minimum absolute atomic E-state index is 0.0188. The molecule has 0 aliphatic heterocycles. The molecular weight excluding hydrogens is 568 g/mol. The van der Waals surface area contributed by atoms with E-state index in [0.29, 0.717) is 12.8 Å². The van der Waals surface area contributed by atoms with Gasteiger partial charge in [0.05, 0.1) is 0 Å². The number of ether oxygens (including phenoxy) is 1.